The van der Waals surface area contributed by atoms with E-state index in [1.165, 1.54) is 12.1 Å². The first-order chi connectivity index (χ1) is 7.83. The lowest BCUT2D eigenvalue weighted by molar-refractivity contribution is -0.137. The van der Waals surface area contributed by atoms with E-state index in [4.69, 9.17) is 5.73 Å². The topological polar surface area (TPSA) is 46.2 Å². The lowest BCUT2D eigenvalue weighted by Crippen LogP contribution is -2.35. The van der Waals surface area contributed by atoms with Gasteiger partial charge in [0.2, 0.25) is 0 Å². The van der Waals surface area contributed by atoms with Gasteiger partial charge in [0.05, 0.1) is 5.56 Å². The average molecular weight is 247 g/mol. The molecule has 0 amide bonds. The Morgan fingerprint density at radius 2 is 1.82 bits per heavy atom. The number of rotatable bonds is 4. The minimum Gasteiger partial charge on any atom is -0.384 e. The summed E-state index contributed by atoms with van der Waals surface area (Å²) in [6.07, 6.45) is -3.42. The van der Waals surface area contributed by atoms with Crippen LogP contribution >= 0.6 is 0 Å². The first-order valence-corrected chi connectivity index (χ1v) is 5.43. The standard InChI is InChI=1S/C12H16F3NO/c1-2-6-11(17,8-16)9-4-3-5-10(7-9)12(13,14)15/h3-5,7,17H,2,6,8,16H2,1H3. The molecule has 0 aromatic heterocycles. The predicted octanol–water partition coefficient (Wildman–Crippen LogP) is 2.65. The van der Waals surface area contributed by atoms with Gasteiger partial charge < -0.3 is 10.8 Å². The summed E-state index contributed by atoms with van der Waals surface area (Å²) in [7, 11) is 0. The van der Waals surface area contributed by atoms with Gasteiger partial charge >= 0.3 is 6.18 Å². The molecule has 1 rings (SSSR count). The molecule has 2 nitrogen and oxygen atoms in total. The number of alkyl halides is 3. The summed E-state index contributed by atoms with van der Waals surface area (Å²) in [5, 5.41) is 10.2. The second kappa shape index (κ2) is 5.06. The van der Waals surface area contributed by atoms with Gasteiger partial charge in [-0.05, 0) is 24.1 Å². The van der Waals surface area contributed by atoms with Crippen LogP contribution in [0.3, 0.4) is 0 Å². The number of benzene rings is 1. The van der Waals surface area contributed by atoms with E-state index in [1.807, 2.05) is 6.92 Å². The summed E-state index contributed by atoms with van der Waals surface area (Å²) in [5.74, 6) is 0. The summed E-state index contributed by atoms with van der Waals surface area (Å²) in [5.41, 5.74) is 3.53. The predicted molar refractivity (Wildman–Crippen MR) is 59.3 cm³/mol. The Balaban J connectivity index is 3.14. The maximum Gasteiger partial charge on any atom is 0.416 e. The van der Waals surface area contributed by atoms with E-state index in [1.54, 1.807) is 0 Å². The Kier molecular flexibility index (Phi) is 4.16. The molecule has 1 atom stereocenters. The summed E-state index contributed by atoms with van der Waals surface area (Å²) in [6.45, 7) is 1.75. The average Bonchev–Trinajstić information content (AvgIpc) is 2.28. The molecule has 0 saturated carbocycles. The van der Waals surface area contributed by atoms with E-state index >= 15 is 0 Å². The lowest BCUT2D eigenvalue weighted by Gasteiger charge is -2.27. The van der Waals surface area contributed by atoms with Crippen LogP contribution in [0.4, 0.5) is 13.2 Å². The number of nitrogens with two attached hydrogens (primary N) is 1. The third-order valence-corrected chi connectivity index (χ3v) is 2.73. The zero-order chi connectivity index (χ0) is 13.1. The molecule has 0 bridgehead atoms. The van der Waals surface area contributed by atoms with Crippen LogP contribution in [0.2, 0.25) is 0 Å². The summed E-state index contributed by atoms with van der Waals surface area (Å²) in [6, 6.07) is 4.70. The Bertz CT molecular complexity index is 378. The summed E-state index contributed by atoms with van der Waals surface area (Å²) >= 11 is 0. The van der Waals surface area contributed by atoms with Crippen molar-refractivity contribution >= 4 is 0 Å². The van der Waals surface area contributed by atoms with Crippen molar-refractivity contribution in [3.63, 3.8) is 0 Å². The second-order valence-electron chi connectivity index (χ2n) is 4.06. The fourth-order valence-electron chi connectivity index (χ4n) is 1.76. The molecule has 0 fully saturated rings. The fraction of sp³-hybridized carbons (Fsp3) is 0.500. The van der Waals surface area contributed by atoms with Crippen molar-refractivity contribution in [2.24, 2.45) is 5.73 Å². The smallest absolute Gasteiger partial charge is 0.384 e. The number of hydrogen-bond donors (Lipinski definition) is 2. The third kappa shape index (κ3) is 3.20. The molecule has 5 heteroatoms. The Labute approximate surface area is 98.3 Å². The third-order valence-electron chi connectivity index (χ3n) is 2.73. The van der Waals surface area contributed by atoms with Crippen LogP contribution in [-0.4, -0.2) is 11.7 Å². The highest BCUT2D eigenvalue weighted by atomic mass is 19.4. The van der Waals surface area contributed by atoms with E-state index in [-0.39, 0.29) is 12.1 Å². The van der Waals surface area contributed by atoms with Crippen LogP contribution in [0.1, 0.15) is 30.9 Å². The second-order valence-corrected chi connectivity index (χ2v) is 4.06. The fourth-order valence-corrected chi connectivity index (χ4v) is 1.76. The van der Waals surface area contributed by atoms with E-state index in [2.05, 4.69) is 0 Å². The molecule has 1 unspecified atom stereocenters. The van der Waals surface area contributed by atoms with Crippen LogP contribution in [0.15, 0.2) is 24.3 Å². The normalized spacial score (nSPS) is 15.6. The van der Waals surface area contributed by atoms with E-state index in [0.29, 0.717) is 12.8 Å². The zero-order valence-electron chi connectivity index (χ0n) is 9.59. The van der Waals surface area contributed by atoms with Gasteiger partial charge in [-0.3, -0.25) is 0 Å². The van der Waals surface area contributed by atoms with Gasteiger partial charge in [0.25, 0.3) is 0 Å². The number of aliphatic hydroxyl groups is 1. The van der Waals surface area contributed by atoms with Crippen LogP contribution < -0.4 is 5.73 Å². The molecule has 0 radical (unpaired) electrons. The zero-order valence-corrected chi connectivity index (χ0v) is 9.59. The first-order valence-electron chi connectivity index (χ1n) is 5.43. The highest BCUT2D eigenvalue weighted by Crippen LogP contribution is 2.33. The molecule has 0 spiro atoms. The molecule has 1 aromatic rings. The Hall–Kier alpha value is -1.07. The maximum absolute atomic E-state index is 12.5. The van der Waals surface area contributed by atoms with Crippen molar-refractivity contribution in [1.29, 1.82) is 0 Å². The van der Waals surface area contributed by atoms with Gasteiger partial charge in [-0.15, -0.1) is 0 Å². The molecule has 0 saturated heterocycles. The van der Waals surface area contributed by atoms with E-state index in [9.17, 15) is 18.3 Å². The van der Waals surface area contributed by atoms with Crippen molar-refractivity contribution in [3.05, 3.63) is 35.4 Å². The lowest BCUT2D eigenvalue weighted by atomic mass is 9.88. The molecule has 0 heterocycles. The van der Waals surface area contributed by atoms with Gasteiger partial charge in [0.15, 0.2) is 0 Å². The van der Waals surface area contributed by atoms with E-state index < -0.39 is 17.3 Å². The van der Waals surface area contributed by atoms with Gasteiger partial charge in [-0.1, -0.05) is 25.5 Å². The summed E-state index contributed by atoms with van der Waals surface area (Å²) < 4.78 is 37.6. The molecule has 0 aliphatic rings. The molecule has 17 heavy (non-hydrogen) atoms. The van der Waals surface area contributed by atoms with Gasteiger partial charge in [-0.25, -0.2) is 0 Å². The van der Waals surface area contributed by atoms with Gasteiger partial charge in [-0.2, -0.15) is 13.2 Å². The highest BCUT2D eigenvalue weighted by molar-refractivity contribution is 5.30. The molecule has 96 valence electrons. The molecular weight excluding hydrogens is 231 g/mol. The molecule has 0 aliphatic carbocycles. The number of halogens is 3. The largest absolute Gasteiger partial charge is 0.416 e. The quantitative estimate of drug-likeness (QED) is 0.859. The van der Waals surface area contributed by atoms with Gasteiger partial charge in [0.1, 0.15) is 5.60 Å². The van der Waals surface area contributed by atoms with Crippen LogP contribution in [0.5, 0.6) is 0 Å². The van der Waals surface area contributed by atoms with Crippen LogP contribution in [-0.2, 0) is 11.8 Å². The van der Waals surface area contributed by atoms with Crippen molar-refractivity contribution in [1.82, 2.24) is 0 Å². The molecule has 3 N–H and O–H groups in total. The number of hydrogen-bond acceptors (Lipinski definition) is 2. The minimum atomic E-state index is -4.41. The Morgan fingerprint density at radius 3 is 2.29 bits per heavy atom. The van der Waals surface area contributed by atoms with Gasteiger partial charge in [0, 0.05) is 6.54 Å². The first kappa shape index (κ1) is 14.0. The van der Waals surface area contributed by atoms with Crippen molar-refractivity contribution in [3.8, 4) is 0 Å². The maximum atomic E-state index is 12.5. The monoisotopic (exact) mass is 247 g/mol. The minimum absolute atomic E-state index is 0.0951. The van der Waals surface area contributed by atoms with Crippen molar-refractivity contribution in [2.75, 3.05) is 6.54 Å². The molecular formula is C12H16F3NO. The molecule has 0 aliphatic heterocycles. The Morgan fingerprint density at radius 1 is 1.24 bits per heavy atom. The van der Waals surface area contributed by atoms with Crippen LogP contribution in [0.25, 0.3) is 0 Å². The van der Waals surface area contributed by atoms with Crippen molar-refractivity contribution < 1.29 is 18.3 Å². The summed E-state index contributed by atoms with van der Waals surface area (Å²) in [4.78, 5) is 0. The van der Waals surface area contributed by atoms with Crippen molar-refractivity contribution in [2.45, 2.75) is 31.5 Å². The SMILES string of the molecule is CCCC(O)(CN)c1cccc(C(F)(F)F)c1. The highest BCUT2D eigenvalue weighted by Gasteiger charge is 2.33. The van der Waals surface area contributed by atoms with E-state index in [0.717, 1.165) is 12.1 Å². The molecule has 1 aromatic carbocycles. The van der Waals surface area contributed by atoms with Crippen LogP contribution in [0, 0.1) is 0 Å².